The quantitative estimate of drug-likeness (QED) is 0.716. The summed E-state index contributed by atoms with van der Waals surface area (Å²) in [5.74, 6) is -1.48. The van der Waals surface area contributed by atoms with Gasteiger partial charge in [0.05, 0.1) is 11.8 Å². The Morgan fingerprint density at radius 3 is 2.67 bits per heavy atom. The third-order valence-corrected chi connectivity index (χ3v) is 3.70. The van der Waals surface area contributed by atoms with Crippen LogP contribution in [-0.2, 0) is 14.4 Å². The number of hydrogen-bond donors (Lipinski definition) is 2. The zero-order valence-corrected chi connectivity index (χ0v) is 10.2. The lowest BCUT2D eigenvalue weighted by Gasteiger charge is -2.34. The predicted octanol–water partition coefficient (Wildman–Crippen LogP) is -0.164. The fourth-order valence-electron chi connectivity index (χ4n) is 2.58. The Labute approximate surface area is 105 Å². The largest absolute Gasteiger partial charge is 0.481 e. The van der Waals surface area contributed by atoms with Crippen LogP contribution in [0.5, 0.6) is 0 Å². The molecule has 2 aliphatic rings. The molecule has 0 aromatic rings. The minimum Gasteiger partial charge on any atom is -0.481 e. The molecule has 0 aromatic heterocycles. The lowest BCUT2D eigenvalue weighted by Crippen LogP contribution is -2.49. The van der Waals surface area contributed by atoms with E-state index < -0.39 is 11.9 Å². The van der Waals surface area contributed by atoms with Gasteiger partial charge >= 0.3 is 5.97 Å². The van der Waals surface area contributed by atoms with Crippen LogP contribution in [0.3, 0.4) is 0 Å². The Hall–Kier alpha value is -1.59. The number of carbonyl (C=O) groups is 3. The molecule has 0 saturated carbocycles. The first kappa shape index (κ1) is 12.9. The normalized spacial score (nSPS) is 28.7. The number of rotatable bonds is 2. The Morgan fingerprint density at radius 1 is 1.28 bits per heavy atom. The van der Waals surface area contributed by atoms with Gasteiger partial charge in [-0.25, -0.2) is 0 Å². The first-order valence-electron chi connectivity index (χ1n) is 6.36. The zero-order valence-electron chi connectivity index (χ0n) is 10.2. The van der Waals surface area contributed by atoms with E-state index in [1.54, 1.807) is 4.90 Å². The first-order valence-corrected chi connectivity index (χ1v) is 6.36. The minimum atomic E-state index is -0.829. The van der Waals surface area contributed by atoms with E-state index >= 15 is 0 Å². The van der Waals surface area contributed by atoms with Crippen molar-refractivity contribution in [2.24, 2.45) is 11.8 Å². The predicted molar refractivity (Wildman–Crippen MR) is 62.7 cm³/mol. The summed E-state index contributed by atoms with van der Waals surface area (Å²) in [6.45, 7) is 1.32. The van der Waals surface area contributed by atoms with E-state index in [9.17, 15) is 14.4 Å². The molecule has 2 N–H and O–H groups in total. The molecule has 100 valence electrons. The van der Waals surface area contributed by atoms with Gasteiger partial charge in [0.25, 0.3) is 0 Å². The maximum absolute atomic E-state index is 12.2. The highest BCUT2D eigenvalue weighted by atomic mass is 16.4. The smallest absolute Gasteiger partial charge is 0.308 e. The number of carboxylic acid groups (broad SMARTS) is 1. The Balaban J connectivity index is 1.92. The number of piperidine rings is 2. The van der Waals surface area contributed by atoms with Crippen molar-refractivity contribution in [3.05, 3.63) is 0 Å². The molecular formula is C12H18N2O4. The lowest BCUT2D eigenvalue weighted by atomic mass is 9.93. The van der Waals surface area contributed by atoms with E-state index in [0.717, 1.165) is 6.42 Å². The van der Waals surface area contributed by atoms with Crippen LogP contribution in [0.2, 0.25) is 0 Å². The lowest BCUT2D eigenvalue weighted by molar-refractivity contribution is -0.147. The van der Waals surface area contributed by atoms with Gasteiger partial charge in [0, 0.05) is 26.1 Å². The van der Waals surface area contributed by atoms with Crippen LogP contribution in [0.1, 0.15) is 25.7 Å². The maximum atomic E-state index is 12.2. The van der Waals surface area contributed by atoms with Crippen LogP contribution in [0, 0.1) is 11.8 Å². The van der Waals surface area contributed by atoms with Crippen LogP contribution < -0.4 is 5.32 Å². The van der Waals surface area contributed by atoms with Crippen molar-refractivity contribution < 1.29 is 19.5 Å². The van der Waals surface area contributed by atoms with Crippen LogP contribution in [0.4, 0.5) is 0 Å². The van der Waals surface area contributed by atoms with E-state index in [1.165, 1.54) is 0 Å². The SMILES string of the molecule is O=C1CCC(C(=O)N2CCC[C@H](C(=O)O)C2)CN1. The van der Waals surface area contributed by atoms with E-state index in [1.807, 2.05) is 0 Å². The van der Waals surface area contributed by atoms with Gasteiger partial charge in [0.2, 0.25) is 11.8 Å². The average molecular weight is 254 g/mol. The standard InChI is InChI=1S/C12H18N2O4/c15-10-4-3-8(6-13-10)11(16)14-5-1-2-9(7-14)12(17)18/h8-9H,1-7H2,(H,13,15)(H,17,18)/t8?,9-/m0/s1. The van der Waals surface area contributed by atoms with Crippen molar-refractivity contribution in [3.63, 3.8) is 0 Å². The van der Waals surface area contributed by atoms with Crippen molar-refractivity contribution in [2.45, 2.75) is 25.7 Å². The Kier molecular flexibility index (Phi) is 3.84. The third kappa shape index (κ3) is 2.80. The summed E-state index contributed by atoms with van der Waals surface area (Å²) in [4.78, 5) is 35.8. The van der Waals surface area contributed by atoms with Crippen LogP contribution in [0.15, 0.2) is 0 Å². The number of nitrogens with zero attached hydrogens (tertiary/aromatic N) is 1. The third-order valence-electron chi connectivity index (χ3n) is 3.70. The first-order chi connectivity index (χ1) is 8.58. The summed E-state index contributed by atoms with van der Waals surface area (Å²) in [6, 6.07) is 0. The number of aliphatic carboxylic acids is 1. The number of amides is 2. The molecule has 6 nitrogen and oxygen atoms in total. The van der Waals surface area contributed by atoms with Gasteiger partial charge in [-0.2, -0.15) is 0 Å². The van der Waals surface area contributed by atoms with E-state index in [0.29, 0.717) is 38.9 Å². The van der Waals surface area contributed by atoms with Gasteiger partial charge in [0.15, 0.2) is 0 Å². The Bertz CT molecular complexity index is 359. The van der Waals surface area contributed by atoms with Crippen LogP contribution in [0.25, 0.3) is 0 Å². The topological polar surface area (TPSA) is 86.7 Å². The van der Waals surface area contributed by atoms with Crippen molar-refractivity contribution in [3.8, 4) is 0 Å². The molecule has 0 aromatic carbocycles. The summed E-state index contributed by atoms with van der Waals surface area (Å²) in [5.41, 5.74) is 0. The second kappa shape index (κ2) is 5.37. The summed E-state index contributed by atoms with van der Waals surface area (Å²) in [6.07, 6.45) is 2.33. The molecular weight excluding hydrogens is 236 g/mol. The van der Waals surface area contributed by atoms with Gasteiger partial charge in [0.1, 0.15) is 0 Å². The molecule has 2 rings (SSSR count). The summed E-state index contributed by atoms with van der Waals surface area (Å²) in [7, 11) is 0. The molecule has 6 heteroatoms. The summed E-state index contributed by atoms with van der Waals surface area (Å²) in [5, 5.41) is 11.7. The maximum Gasteiger partial charge on any atom is 0.308 e. The van der Waals surface area contributed by atoms with Gasteiger partial charge in [-0.15, -0.1) is 0 Å². The molecule has 2 fully saturated rings. The number of carbonyl (C=O) groups excluding carboxylic acids is 2. The number of hydrogen-bond acceptors (Lipinski definition) is 3. The summed E-state index contributed by atoms with van der Waals surface area (Å²) >= 11 is 0. The second-order valence-corrected chi connectivity index (χ2v) is 5.00. The van der Waals surface area contributed by atoms with Gasteiger partial charge in [-0.1, -0.05) is 0 Å². The van der Waals surface area contributed by atoms with Crippen molar-refractivity contribution in [1.29, 1.82) is 0 Å². The molecule has 18 heavy (non-hydrogen) atoms. The molecule has 0 spiro atoms. The highest BCUT2D eigenvalue weighted by molar-refractivity contribution is 5.84. The van der Waals surface area contributed by atoms with Crippen molar-refractivity contribution >= 4 is 17.8 Å². The molecule has 2 aliphatic heterocycles. The van der Waals surface area contributed by atoms with E-state index in [-0.39, 0.29) is 17.7 Å². The average Bonchev–Trinajstić information content (AvgIpc) is 2.39. The number of likely N-dealkylation sites (tertiary alicyclic amines) is 1. The number of nitrogens with one attached hydrogen (secondary N) is 1. The number of carboxylic acids is 1. The fraction of sp³-hybridized carbons (Fsp3) is 0.750. The molecule has 0 bridgehead atoms. The second-order valence-electron chi connectivity index (χ2n) is 5.00. The van der Waals surface area contributed by atoms with E-state index in [4.69, 9.17) is 5.11 Å². The molecule has 1 unspecified atom stereocenters. The molecule has 2 saturated heterocycles. The monoisotopic (exact) mass is 254 g/mol. The fourth-order valence-corrected chi connectivity index (χ4v) is 2.58. The molecule has 0 radical (unpaired) electrons. The highest BCUT2D eigenvalue weighted by Crippen LogP contribution is 2.21. The molecule has 0 aliphatic carbocycles. The summed E-state index contributed by atoms with van der Waals surface area (Å²) < 4.78 is 0. The zero-order chi connectivity index (χ0) is 13.1. The van der Waals surface area contributed by atoms with Crippen LogP contribution >= 0.6 is 0 Å². The van der Waals surface area contributed by atoms with Gasteiger partial charge in [-0.3, -0.25) is 14.4 Å². The highest BCUT2D eigenvalue weighted by Gasteiger charge is 2.33. The van der Waals surface area contributed by atoms with Gasteiger partial charge < -0.3 is 15.3 Å². The Morgan fingerprint density at radius 2 is 2.06 bits per heavy atom. The van der Waals surface area contributed by atoms with Crippen LogP contribution in [-0.4, -0.2) is 47.4 Å². The van der Waals surface area contributed by atoms with Crippen molar-refractivity contribution in [2.75, 3.05) is 19.6 Å². The minimum absolute atomic E-state index is 0.0129. The molecule has 2 atom stereocenters. The molecule has 2 amide bonds. The molecule has 2 heterocycles. The van der Waals surface area contributed by atoms with E-state index in [2.05, 4.69) is 5.32 Å². The van der Waals surface area contributed by atoms with Crippen molar-refractivity contribution in [1.82, 2.24) is 10.2 Å². The van der Waals surface area contributed by atoms with Gasteiger partial charge in [-0.05, 0) is 19.3 Å².